The third-order valence-corrected chi connectivity index (χ3v) is 4.39. The van der Waals surface area contributed by atoms with E-state index in [0.29, 0.717) is 13.0 Å². The molecule has 0 amide bonds. The number of fused-ring (bicyclic) bond motifs is 5. The highest BCUT2D eigenvalue weighted by molar-refractivity contribution is 6.16. The van der Waals surface area contributed by atoms with Crippen LogP contribution in [0.5, 0.6) is 5.75 Å². The number of hydrogen-bond donors (Lipinski definition) is 0. The van der Waals surface area contributed by atoms with E-state index in [0.717, 1.165) is 34.5 Å². The maximum absolute atomic E-state index is 11.1. The van der Waals surface area contributed by atoms with E-state index in [9.17, 15) is 4.79 Å². The molecule has 0 spiro atoms. The number of hydrogen-bond acceptors (Lipinski definition) is 4. The van der Waals surface area contributed by atoms with Crippen LogP contribution in [0.2, 0.25) is 0 Å². The summed E-state index contributed by atoms with van der Waals surface area (Å²) in [6.45, 7) is 4.90. The summed E-state index contributed by atoms with van der Waals surface area (Å²) in [4.78, 5) is 15.9. The molecule has 0 atom stereocenters. The fourth-order valence-corrected chi connectivity index (χ4v) is 3.42. The Morgan fingerprint density at radius 3 is 2.88 bits per heavy atom. The minimum atomic E-state index is -0.417. The summed E-state index contributed by atoms with van der Waals surface area (Å²) in [5.41, 5.74) is 3.98. The Kier molecular flexibility index (Phi) is 3.49. The monoisotopic (exact) mass is 322 g/mol. The van der Waals surface area contributed by atoms with E-state index >= 15 is 0 Å². The van der Waals surface area contributed by atoms with Gasteiger partial charge < -0.3 is 14.1 Å². The lowest BCUT2D eigenvalue weighted by atomic mass is 10.0. The van der Waals surface area contributed by atoms with Gasteiger partial charge in [0.15, 0.2) is 0 Å². The van der Waals surface area contributed by atoms with Gasteiger partial charge in [0.2, 0.25) is 0 Å². The lowest BCUT2D eigenvalue weighted by Gasteiger charge is -2.19. The number of rotatable bonds is 2. The van der Waals surface area contributed by atoms with Crippen LogP contribution in [0, 0.1) is 0 Å². The predicted molar refractivity (Wildman–Crippen MR) is 93.5 cm³/mol. The van der Waals surface area contributed by atoms with Crippen LogP contribution in [-0.4, -0.2) is 22.9 Å². The van der Waals surface area contributed by atoms with Crippen LogP contribution >= 0.6 is 0 Å². The van der Waals surface area contributed by atoms with E-state index in [1.165, 1.54) is 17.8 Å². The number of nitrogens with zero attached hydrogens (tertiary/aromatic N) is 2. The first-order chi connectivity index (χ1) is 11.7. The average Bonchev–Trinajstić information content (AvgIpc) is 2.93. The standard InChI is InChI=1S/C19H18N2O3/c1-3-21-16-7-5-4-6-14(16)18-17(21)9-8-13-15(20-24-12(2)22)10-11-23-19(13)18/h4-9H,3,10-11H2,1-2H3/b20-15+. The molecule has 3 aromatic rings. The van der Waals surface area contributed by atoms with Crippen molar-refractivity contribution in [3.8, 4) is 5.75 Å². The second kappa shape index (κ2) is 5.67. The number of aromatic nitrogens is 1. The van der Waals surface area contributed by atoms with Gasteiger partial charge in [0, 0.05) is 36.4 Å². The van der Waals surface area contributed by atoms with Gasteiger partial charge in [0.25, 0.3) is 0 Å². The molecule has 0 unspecified atom stereocenters. The molecule has 1 aromatic heterocycles. The van der Waals surface area contributed by atoms with Gasteiger partial charge in [0.1, 0.15) is 5.75 Å². The van der Waals surface area contributed by atoms with E-state index in [4.69, 9.17) is 9.57 Å². The van der Waals surface area contributed by atoms with Crippen molar-refractivity contribution < 1.29 is 14.4 Å². The van der Waals surface area contributed by atoms with Crippen molar-refractivity contribution in [2.45, 2.75) is 26.8 Å². The minimum absolute atomic E-state index is 0.417. The van der Waals surface area contributed by atoms with Gasteiger partial charge in [-0.1, -0.05) is 23.4 Å². The lowest BCUT2D eigenvalue weighted by molar-refractivity contribution is -0.140. The molecule has 5 heteroatoms. The van der Waals surface area contributed by atoms with Gasteiger partial charge in [-0.15, -0.1) is 0 Å². The van der Waals surface area contributed by atoms with E-state index in [2.05, 4.69) is 34.8 Å². The van der Waals surface area contributed by atoms with E-state index in [1.807, 2.05) is 18.2 Å². The summed E-state index contributed by atoms with van der Waals surface area (Å²) in [6, 6.07) is 12.4. The Labute approximate surface area is 139 Å². The first-order valence-corrected chi connectivity index (χ1v) is 8.12. The summed E-state index contributed by atoms with van der Waals surface area (Å²) < 4.78 is 8.29. The first kappa shape index (κ1) is 14.8. The number of ether oxygens (including phenoxy) is 1. The average molecular weight is 322 g/mol. The predicted octanol–water partition coefficient (Wildman–Crippen LogP) is 3.86. The molecule has 5 nitrogen and oxygen atoms in total. The third-order valence-electron chi connectivity index (χ3n) is 4.39. The zero-order chi connectivity index (χ0) is 16.7. The fourth-order valence-electron chi connectivity index (χ4n) is 3.42. The Morgan fingerprint density at radius 2 is 2.08 bits per heavy atom. The first-order valence-electron chi connectivity index (χ1n) is 8.12. The molecule has 4 rings (SSSR count). The van der Waals surface area contributed by atoms with Gasteiger partial charge >= 0.3 is 5.97 Å². The molecule has 1 aliphatic heterocycles. The number of carbonyl (C=O) groups excluding carboxylic acids is 1. The number of aryl methyl sites for hydroxylation is 1. The van der Waals surface area contributed by atoms with Crippen molar-refractivity contribution >= 4 is 33.5 Å². The summed E-state index contributed by atoms with van der Waals surface area (Å²) in [5.74, 6) is 0.409. The van der Waals surface area contributed by atoms with Crippen LogP contribution in [0.4, 0.5) is 0 Å². The van der Waals surface area contributed by atoms with Crippen LogP contribution < -0.4 is 4.74 Å². The molecule has 0 bridgehead atoms. The summed E-state index contributed by atoms with van der Waals surface area (Å²) >= 11 is 0. The molecule has 2 heterocycles. The normalized spacial score (nSPS) is 15.5. The molecule has 0 saturated heterocycles. The molecule has 24 heavy (non-hydrogen) atoms. The Balaban J connectivity index is 2.02. The third kappa shape index (κ3) is 2.16. The molecular weight excluding hydrogens is 304 g/mol. The number of oxime groups is 1. The highest BCUT2D eigenvalue weighted by Crippen LogP contribution is 2.40. The molecule has 0 fully saturated rings. The Hall–Kier alpha value is -2.82. The van der Waals surface area contributed by atoms with Gasteiger partial charge in [-0.2, -0.15) is 0 Å². The van der Waals surface area contributed by atoms with E-state index < -0.39 is 5.97 Å². The molecule has 0 aliphatic carbocycles. The largest absolute Gasteiger partial charge is 0.492 e. The van der Waals surface area contributed by atoms with Crippen LogP contribution in [0.25, 0.3) is 21.8 Å². The molecular formula is C19H18N2O3. The lowest BCUT2D eigenvalue weighted by Crippen LogP contribution is -2.17. The van der Waals surface area contributed by atoms with Crippen molar-refractivity contribution in [3.05, 3.63) is 42.0 Å². The summed E-state index contributed by atoms with van der Waals surface area (Å²) in [5, 5.41) is 6.28. The minimum Gasteiger partial charge on any atom is -0.492 e. The SMILES string of the molecule is CCn1c2ccccc2c2c3c(ccc21)/C(=N/OC(C)=O)CCO3. The molecule has 122 valence electrons. The van der Waals surface area contributed by atoms with Crippen molar-refractivity contribution in [1.29, 1.82) is 0 Å². The summed E-state index contributed by atoms with van der Waals surface area (Å²) in [7, 11) is 0. The van der Waals surface area contributed by atoms with Gasteiger partial charge in [-0.25, -0.2) is 4.79 Å². The topological polar surface area (TPSA) is 52.8 Å². The molecule has 2 aromatic carbocycles. The second-order valence-electron chi connectivity index (χ2n) is 5.82. The quantitative estimate of drug-likeness (QED) is 0.532. The zero-order valence-corrected chi connectivity index (χ0v) is 13.7. The van der Waals surface area contributed by atoms with Crippen molar-refractivity contribution in [2.24, 2.45) is 5.16 Å². The number of benzene rings is 2. The maximum atomic E-state index is 11.1. The van der Waals surface area contributed by atoms with Crippen molar-refractivity contribution in [2.75, 3.05) is 6.61 Å². The zero-order valence-electron chi connectivity index (χ0n) is 13.7. The molecule has 0 N–H and O–H groups in total. The molecule has 0 saturated carbocycles. The van der Waals surface area contributed by atoms with Gasteiger partial charge in [-0.3, -0.25) is 0 Å². The smallest absolute Gasteiger partial charge is 0.331 e. The second-order valence-corrected chi connectivity index (χ2v) is 5.82. The van der Waals surface area contributed by atoms with Crippen molar-refractivity contribution in [3.63, 3.8) is 0 Å². The van der Waals surface area contributed by atoms with Crippen LogP contribution in [-0.2, 0) is 16.2 Å². The van der Waals surface area contributed by atoms with Crippen LogP contribution in [0.15, 0.2) is 41.6 Å². The van der Waals surface area contributed by atoms with E-state index in [1.54, 1.807) is 0 Å². The summed E-state index contributed by atoms with van der Waals surface area (Å²) in [6.07, 6.45) is 0.623. The highest BCUT2D eigenvalue weighted by Gasteiger charge is 2.23. The van der Waals surface area contributed by atoms with Crippen LogP contribution in [0.3, 0.4) is 0 Å². The fraction of sp³-hybridized carbons (Fsp3) is 0.263. The van der Waals surface area contributed by atoms with Crippen LogP contribution in [0.1, 0.15) is 25.8 Å². The van der Waals surface area contributed by atoms with Gasteiger partial charge in [0.05, 0.1) is 23.2 Å². The molecule has 1 aliphatic rings. The van der Waals surface area contributed by atoms with Crippen molar-refractivity contribution in [1.82, 2.24) is 4.57 Å². The van der Waals surface area contributed by atoms with Gasteiger partial charge in [-0.05, 0) is 25.1 Å². The Bertz CT molecular complexity index is 985. The maximum Gasteiger partial charge on any atom is 0.331 e. The Morgan fingerprint density at radius 1 is 1.25 bits per heavy atom. The highest BCUT2D eigenvalue weighted by atomic mass is 16.7. The number of carbonyl (C=O) groups is 1. The molecule has 0 radical (unpaired) electrons. The van der Waals surface area contributed by atoms with E-state index in [-0.39, 0.29) is 0 Å². The number of para-hydroxylation sites is 1.